The standard InChI is InChI=1S/C16H15BrFN3O5/c17-16(18)12(23)10(8-22)26-14(16)21-7-6-11(20-15(21)25)19-13(24)9-4-2-1-3-5-9/h1-7,10,12,14,22-23H,8H2,(H,19,20,24,25)/t10-,12+,14-,16?/m1/s1. The molecular formula is C16H15BrFN3O5. The predicted octanol–water partition coefficient (Wildman–Crippen LogP) is 0.807. The predicted molar refractivity (Wildman–Crippen MR) is 92.7 cm³/mol. The molecule has 2 aromatic rings. The lowest BCUT2D eigenvalue weighted by molar-refractivity contribution is -0.0506. The van der Waals surface area contributed by atoms with Crippen LogP contribution in [0, 0.1) is 0 Å². The number of aliphatic hydroxyl groups excluding tert-OH is 2. The summed E-state index contributed by atoms with van der Waals surface area (Å²) in [4.78, 5) is 28.0. The molecule has 0 radical (unpaired) electrons. The summed E-state index contributed by atoms with van der Waals surface area (Å²) in [6.45, 7) is -0.623. The van der Waals surface area contributed by atoms with Gasteiger partial charge in [0.05, 0.1) is 6.61 Å². The van der Waals surface area contributed by atoms with Crippen LogP contribution >= 0.6 is 15.9 Å². The van der Waals surface area contributed by atoms with Crippen LogP contribution in [0.4, 0.5) is 10.2 Å². The second-order valence-electron chi connectivity index (χ2n) is 5.65. The van der Waals surface area contributed by atoms with Crippen molar-refractivity contribution >= 4 is 27.7 Å². The van der Waals surface area contributed by atoms with Gasteiger partial charge in [0.25, 0.3) is 5.91 Å². The first-order valence-corrected chi connectivity index (χ1v) is 8.41. The maximum absolute atomic E-state index is 14.7. The minimum absolute atomic E-state index is 0.0172. The van der Waals surface area contributed by atoms with Gasteiger partial charge in [-0.25, -0.2) is 9.18 Å². The van der Waals surface area contributed by atoms with Crippen LogP contribution in [0.5, 0.6) is 0 Å². The number of carbonyl (C=O) groups is 1. The number of rotatable bonds is 4. The van der Waals surface area contributed by atoms with Crippen LogP contribution in [0.25, 0.3) is 0 Å². The Morgan fingerprint density at radius 1 is 1.38 bits per heavy atom. The van der Waals surface area contributed by atoms with E-state index in [9.17, 15) is 19.1 Å². The minimum atomic E-state index is -2.49. The molecule has 1 aromatic heterocycles. The fourth-order valence-corrected chi connectivity index (χ4v) is 3.18. The summed E-state index contributed by atoms with van der Waals surface area (Å²) in [7, 11) is 0. The average molecular weight is 428 g/mol. The summed E-state index contributed by atoms with van der Waals surface area (Å²) in [5.74, 6) is -0.472. The number of carbonyl (C=O) groups excluding carboxylic acids is 1. The van der Waals surface area contributed by atoms with Crippen molar-refractivity contribution in [3.8, 4) is 0 Å². The molecule has 1 aromatic carbocycles. The highest BCUT2D eigenvalue weighted by molar-refractivity contribution is 9.10. The highest BCUT2D eigenvalue weighted by Crippen LogP contribution is 2.45. The van der Waals surface area contributed by atoms with Crippen LogP contribution in [0.15, 0.2) is 47.4 Å². The molecule has 8 nitrogen and oxygen atoms in total. The van der Waals surface area contributed by atoms with E-state index in [0.717, 1.165) is 4.57 Å². The molecule has 0 aliphatic carbocycles. The van der Waals surface area contributed by atoms with Gasteiger partial charge in [0.15, 0.2) is 6.23 Å². The van der Waals surface area contributed by atoms with Crippen LogP contribution in [-0.4, -0.2) is 49.1 Å². The van der Waals surface area contributed by atoms with Gasteiger partial charge in [-0.05, 0) is 34.1 Å². The van der Waals surface area contributed by atoms with E-state index in [-0.39, 0.29) is 5.82 Å². The molecule has 3 N–H and O–H groups in total. The zero-order valence-corrected chi connectivity index (χ0v) is 14.8. The molecule has 2 heterocycles. The first kappa shape index (κ1) is 18.6. The SMILES string of the molecule is O=C(Nc1ccn([C@@H]2O[C@H](CO)[C@H](O)C2(F)Br)c(=O)n1)c1ccccc1. The van der Waals surface area contributed by atoms with Crippen molar-refractivity contribution in [2.24, 2.45) is 0 Å². The number of benzene rings is 1. The van der Waals surface area contributed by atoms with E-state index in [4.69, 9.17) is 9.84 Å². The molecule has 1 unspecified atom stereocenters. The Hall–Kier alpha value is -2.14. The largest absolute Gasteiger partial charge is 0.394 e. The molecule has 0 spiro atoms. The Morgan fingerprint density at radius 2 is 2.08 bits per heavy atom. The van der Waals surface area contributed by atoms with Gasteiger partial charge in [-0.15, -0.1) is 0 Å². The molecule has 1 aliphatic rings. The molecule has 0 bridgehead atoms. The van der Waals surface area contributed by atoms with Crippen molar-refractivity contribution in [1.82, 2.24) is 9.55 Å². The molecule has 138 valence electrons. The molecule has 1 saturated heterocycles. The Balaban J connectivity index is 1.82. The summed E-state index contributed by atoms with van der Waals surface area (Å²) in [6.07, 6.45) is -3.23. The third-order valence-corrected chi connectivity index (χ3v) is 4.78. The van der Waals surface area contributed by atoms with Crippen molar-refractivity contribution in [3.63, 3.8) is 0 Å². The van der Waals surface area contributed by atoms with E-state index in [2.05, 4.69) is 26.2 Å². The number of nitrogens with zero attached hydrogens (tertiary/aromatic N) is 2. The first-order chi connectivity index (χ1) is 12.3. The molecule has 4 atom stereocenters. The zero-order chi connectivity index (χ0) is 18.9. The van der Waals surface area contributed by atoms with Gasteiger partial charge in [-0.2, -0.15) is 4.98 Å². The van der Waals surface area contributed by atoms with Crippen molar-refractivity contribution in [2.45, 2.75) is 23.0 Å². The number of hydrogen-bond acceptors (Lipinski definition) is 6. The number of ether oxygens (including phenoxy) is 1. The lowest BCUT2D eigenvalue weighted by Crippen LogP contribution is -2.40. The highest BCUT2D eigenvalue weighted by Gasteiger charge is 2.56. The van der Waals surface area contributed by atoms with Gasteiger partial charge in [0.2, 0.25) is 4.58 Å². The number of amides is 1. The topological polar surface area (TPSA) is 114 Å². The van der Waals surface area contributed by atoms with E-state index in [1.807, 2.05) is 0 Å². The number of aliphatic hydroxyl groups is 2. The Labute approximate surface area is 155 Å². The van der Waals surface area contributed by atoms with Gasteiger partial charge >= 0.3 is 5.69 Å². The van der Waals surface area contributed by atoms with Gasteiger partial charge in [0, 0.05) is 11.8 Å². The third-order valence-electron chi connectivity index (χ3n) is 3.92. The molecule has 26 heavy (non-hydrogen) atoms. The number of halogens is 2. The summed E-state index contributed by atoms with van der Waals surface area (Å²) >= 11 is 2.71. The van der Waals surface area contributed by atoms with Crippen LogP contribution < -0.4 is 11.0 Å². The second-order valence-corrected chi connectivity index (χ2v) is 6.87. The quantitative estimate of drug-likeness (QED) is 0.622. The van der Waals surface area contributed by atoms with Gasteiger partial charge in [-0.3, -0.25) is 9.36 Å². The Kier molecular flexibility index (Phi) is 5.19. The first-order valence-electron chi connectivity index (χ1n) is 7.62. The van der Waals surface area contributed by atoms with Crippen molar-refractivity contribution in [1.29, 1.82) is 0 Å². The van der Waals surface area contributed by atoms with Crippen molar-refractivity contribution < 1.29 is 24.1 Å². The fraction of sp³-hybridized carbons (Fsp3) is 0.312. The molecule has 1 fully saturated rings. The number of aromatic nitrogens is 2. The van der Waals surface area contributed by atoms with E-state index in [1.54, 1.807) is 30.3 Å². The summed E-state index contributed by atoms with van der Waals surface area (Å²) in [6, 6.07) is 9.64. The molecular weight excluding hydrogens is 413 g/mol. The fourth-order valence-electron chi connectivity index (χ4n) is 2.56. The lowest BCUT2D eigenvalue weighted by atomic mass is 10.1. The summed E-state index contributed by atoms with van der Waals surface area (Å²) < 4.78 is 18.2. The second kappa shape index (κ2) is 7.23. The lowest BCUT2D eigenvalue weighted by Gasteiger charge is -2.23. The molecule has 0 saturated carbocycles. The van der Waals surface area contributed by atoms with E-state index < -0.39 is 41.2 Å². The Morgan fingerprint density at radius 3 is 2.65 bits per heavy atom. The third kappa shape index (κ3) is 3.40. The summed E-state index contributed by atoms with van der Waals surface area (Å²) in [5.41, 5.74) is -0.511. The average Bonchev–Trinajstić information content (AvgIpc) is 2.85. The molecule has 1 aliphatic heterocycles. The maximum Gasteiger partial charge on any atom is 0.351 e. The van der Waals surface area contributed by atoms with Gasteiger partial charge in [0.1, 0.15) is 18.0 Å². The van der Waals surface area contributed by atoms with E-state index >= 15 is 0 Å². The van der Waals surface area contributed by atoms with E-state index in [0.29, 0.717) is 5.56 Å². The van der Waals surface area contributed by atoms with E-state index in [1.165, 1.54) is 12.3 Å². The molecule has 3 rings (SSSR count). The smallest absolute Gasteiger partial charge is 0.351 e. The number of nitrogens with one attached hydrogen (secondary N) is 1. The normalized spacial score (nSPS) is 28.1. The molecule has 1 amide bonds. The van der Waals surface area contributed by atoms with Crippen LogP contribution in [-0.2, 0) is 4.74 Å². The monoisotopic (exact) mass is 427 g/mol. The summed E-state index contributed by atoms with van der Waals surface area (Å²) in [5, 5.41) is 21.4. The maximum atomic E-state index is 14.7. The number of alkyl halides is 2. The zero-order valence-electron chi connectivity index (χ0n) is 13.3. The van der Waals surface area contributed by atoms with Gasteiger partial charge in [-0.1, -0.05) is 18.2 Å². The van der Waals surface area contributed by atoms with Crippen LogP contribution in [0.3, 0.4) is 0 Å². The van der Waals surface area contributed by atoms with Crippen LogP contribution in [0.2, 0.25) is 0 Å². The van der Waals surface area contributed by atoms with Crippen molar-refractivity contribution in [3.05, 3.63) is 58.6 Å². The number of anilines is 1. The minimum Gasteiger partial charge on any atom is -0.394 e. The molecule has 10 heteroatoms. The van der Waals surface area contributed by atoms with Crippen molar-refractivity contribution in [2.75, 3.05) is 11.9 Å². The number of hydrogen-bond donors (Lipinski definition) is 3. The Bertz CT molecular complexity index is 860. The highest BCUT2D eigenvalue weighted by atomic mass is 79.9. The van der Waals surface area contributed by atoms with Gasteiger partial charge < -0.3 is 20.3 Å². The van der Waals surface area contributed by atoms with Crippen LogP contribution in [0.1, 0.15) is 16.6 Å².